The van der Waals surface area contributed by atoms with Crippen molar-refractivity contribution in [3.63, 3.8) is 0 Å². The summed E-state index contributed by atoms with van der Waals surface area (Å²) >= 11 is 19.3. The third kappa shape index (κ3) is 6.51. The molecule has 6 aliphatic carbocycles. The molecule has 0 N–H and O–H groups in total. The van der Waals surface area contributed by atoms with Crippen molar-refractivity contribution in [3.8, 4) is 0 Å². The fourth-order valence-corrected chi connectivity index (χ4v) is 44.3. The summed E-state index contributed by atoms with van der Waals surface area (Å²) in [6, 6.07) is 0. The van der Waals surface area contributed by atoms with Crippen LogP contribution in [-0.4, -0.2) is 46.1 Å². The number of hydrogen-bond acceptors (Lipinski definition) is 1. The molecule has 0 bridgehead atoms. The molecule has 1 nitrogen and oxygen atoms in total. The molecule has 6 fully saturated rings. The molecule has 0 atom stereocenters. The second kappa shape index (κ2) is 16.6. The Bertz CT molecular complexity index is 730. The van der Waals surface area contributed by atoms with E-state index in [1.807, 2.05) is 0 Å². The zero-order valence-electron chi connectivity index (χ0n) is 29.4. The van der Waals surface area contributed by atoms with E-state index in [-0.39, 0.29) is 25.1 Å². The third-order valence-electron chi connectivity index (χ3n) is 15.3. The maximum absolute atomic E-state index is 9.66. The van der Waals surface area contributed by atoms with Gasteiger partial charge in [-0.05, 0) is 0 Å². The smallest absolute Gasteiger partial charge is 0 e. The number of halogens is 2. The molecule has 266 valence electrons. The van der Waals surface area contributed by atoms with E-state index in [9.17, 15) is 22.5 Å². The first-order chi connectivity index (χ1) is 21.5. The van der Waals surface area contributed by atoms with E-state index in [1.165, 1.54) is 193 Å². The van der Waals surface area contributed by atoms with E-state index in [0.29, 0.717) is 34.0 Å². The first-order valence-corrected chi connectivity index (χ1v) is 27.4. The van der Waals surface area contributed by atoms with Crippen LogP contribution in [0.25, 0.3) is 0 Å². The van der Waals surface area contributed by atoms with Crippen molar-refractivity contribution in [1.29, 1.82) is 0 Å². The summed E-state index contributed by atoms with van der Waals surface area (Å²) in [5, 5.41) is 0. The zero-order chi connectivity index (χ0) is 30.6. The quantitative estimate of drug-likeness (QED) is 0.158. The molecule has 0 aromatic rings. The minimum atomic E-state index is -3.08. The van der Waals surface area contributed by atoms with Crippen LogP contribution in [0.1, 0.15) is 200 Å². The molecule has 6 saturated carbocycles. The Morgan fingerprint density at radius 3 is 0.733 bits per heavy atom. The zero-order valence-corrected chi connectivity index (χ0v) is 34.4. The first-order valence-electron chi connectivity index (χ1n) is 20.5. The van der Waals surface area contributed by atoms with E-state index < -0.39 is 11.9 Å². The SMILES string of the molecule is CCOC(P(Cl)(C1CCCCC1)(C1CCCCC1)C1CCCCC1)P(Cl)(C1CCCCC1)(C1CCCCC1)C1CCCCC1.[Ru]. The molecule has 6 aliphatic rings. The molecule has 0 spiro atoms. The topological polar surface area (TPSA) is 9.23 Å². The minimum Gasteiger partial charge on any atom is 0 e. The second-order valence-corrected chi connectivity index (χ2v) is 32.7. The molecule has 0 radical (unpaired) electrons. The normalized spacial score (nSPS) is 29.6. The Hall–Kier alpha value is 2.02. The number of hydrogen-bond donors (Lipinski definition) is 0. The fraction of sp³-hybridized carbons (Fsp3) is 1.00. The van der Waals surface area contributed by atoms with Crippen molar-refractivity contribution in [1.82, 2.24) is 0 Å². The van der Waals surface area contributed by atoms with Crippen LogP contribution in [0, 0.1) is 0 Å². The van der Waals surface area contributed by atoms with Gasteiger partial charge in [0.25, 0.3) is 0 Å². The average Bonchev–Trinajstić information content (AvgIpc) is 3.12. The summed E-state index contributed by atoms with van der Waals surface area (Å²) in [5.41, 5.74) is 4.45. The molecule has 0 aromatic carbocycles. The van der Waals surface area contributed by atoms with Gasteiger partial charge in [-0.25, -0.2) is 0 Å². The van der Waals surface area contributed by atoms with Gasteiger partial charge in [0, 0.05) is 19.5 Å². The predicted octanol–water partition coefficient (Wildman–Crippen LogP) is 14.7. The minimum absolute atomic E-state index is 0. The maximum atomic E-state index is 9.66. The molecule has 6 heteroatoms. The van der Waals surface area contributed by atoms with Crippen LogP contribution in [0.5, 0.6) is 0 Å². The summed E-state index contributed by atoms with van der Waals surface area (Å²) in [6.45, 7) is 3.19. The molecule has 6 rings (SSSR count). The molecular formula is C39H72Cl2OP2Ru. The molecule has 45 heavy (non-hydrogen) atoms. The van der Waals surface area contributed by atoms with Gasteiger partial charge in [-0.1, -0.05) is 0 Å². The standard InChI is InChI=1S/C39H72Cl2OP2.Ru/c1-2-42-39(43(40,33-21-9-3-10-22-33,34-23-11-4-12-24-34)35-25-13-5-14-26-35)44(41,36-27-15-6-16-28-36,37-29-17-7-18-30-37)38-31-19-8-20-32-38;/h33-39H,2-32H2,1H3;. The maximum Gasteiger partial charge on any atom is 0 e. The van der Waals surface area contributed by atoms with Crippen LogP contribution >= 0.6 is 34.4 Å². The summed E-state index contributed by atoms with van der Waals surface area (Å²) in [4.78, 5) is 0. The Morgan fingerprint density at radius 2 is 0.578 bits per heavy atom. The molecule has 0 aromatic heterocycles. The largest absolute Gasteiger partial charge is 0 e. The van der Waals surface area contributed by atoms with E-state index >= 15 is 0 Å². The van der Waals surface area contributed by atoms with Gasteiger partial charge in [-0.3, -0.25) is 0 Å². The van der Waals surface area contributed by atoms with Crippen LogP contribution in [0.3, 0.4) is 0 Å². The number of ether oxygens (including phenoxy) is 1. The summed E-state index contributed by atoms with van der Waals surface area (Å²) in [6.07, 6.45) is 42.1. The number of rotatable bonds is 10. The van der Waals surface area contributed by atoms with Gasteiger partial charge >= 0.3 is 285 Å². The molecule has 0 saturated heterocycles. The van der Waals surface area contributed by atoms with Gasteiger partial charge in [0.2, 0.25) is 0 Å². The van der Waals surface area contributed by atoms with Gasteiger partial charge in [-0.2, -0.15) is 0 Å². The van der Waals surface area contributed by atoms with Gasteiger partial charge < -0.3 is 0 Å². The second-order valence-electron chi connectivity index (χ2n) is 17.1. The van der Waals surface area contributed by atoms with Crippen LogP contribution in [0.2, 0.25) is 0 Å². The van der Waals surface area contributed by atoms with Gasteiger partial charge in [-0.15, -0.1) is 0 Å². The Morgan fingerprint density at radius 1 is 0.400 bits per heavy atom. The van der Waals surface area contributed by atoms with Crippen molar-refractivity contribution < 1.29 is 24.2 Å². The van der Waals surface area contributed by atoms with Crippen molar-refractivity contribution in [3.05, 3.63) is 0 Å². The summed E-state index contributed by atoms with van der Waals surface area (Å²) < 4.78 is 7.95. The summed E-state index contributed by atoms with van der Waals surface area (Å²) in [5.74, 6) is -6.15. The predicted molar refractivity (Wildman–Crippen MR) is 202 cm³/mol. The van der Waals surface area contributed by atoms with Crippen molar-refractivity contribution in [2.75, 3.05) is 6.61 Å². The molecule has 0 heterocycles. The Balaban J connectivity index is 0.00000400. The summed E-state index contributed by atoms with van der Waals surface area (Å²) in [7, 11) is 0. The van der Waals surface area contributed by atoms with E-state index in [0.717, 1.165) is 6.61 Å². The van der Waals surface area contributed by atoms with Crippen LogP contribution in [-0.2, 0) is 24.2 Å². The van der Waals surface area contributed by atoms with E-state index in [4.69, 9.17) is 4.74 Å². The van der Waals surface area contributed by atoms with Crippen molar-refractivity contribution >= 4 is 34.4 Å². The van der Waals surface area contributed by atoms with E-state index in [1.54, 1.807) is 0 Å². The van der Waals surface area contributed by atoms with Crippen LogP contribution < -0.4 is 0 Å². The third-order valence-corrected chi connectivity index (χ3v) is 39.8. The van der Waals surface area contributed by atoms with Gasteiger partial charge in [0.05, 0.1) is 0 Å². The molecule has 0 unspecified atom stereocenters. The van der Waals surface area contributed by atoms with Crippen molar-refractivity contribution in [2.24, 2.45) is 0 Å². The van der Waals surface area contributed by atoms with E-state index in [2.05, 4.69) is 6.92 Å². The molecule has 0 aliphatic heterocycles. The van der Waals surface area contributed by atoms with Crippen LogP contribution in [0.15, 0.2) is 0 Å². The molecular weight excluding hydrogens is 718 g/mol. The Labute approximate surface area is 302 Å². The molecule has 0 amide bonds. The first kappa shape index (κ1) is 38.3. The fourth-order valence-electron chi connectivity index (χ4n) is 13.6. The Kier molecular flexibility index (Phi) is 14.1. The van der Waals surface area contributed by atoms with Gasteiger partial charge in [0.1, 0.15) is 0 Å². The monoisotopic (exact) mass is 790 g/mol. The average molecular weight is 791 g/mol. The van der Waals surface area contributed by atoms with Crippen LogP contribution in [0.4, 0.5) is 0 Å². The van der Waals surface area contributed by atoms with Gasteiger partial charge in [0.15, 0.2) is 0 Å². The van der Waals surface area contributed by atoms with Crippen molar-refractivity contribution in [2.45, 2.75) is 239 Å².